The van der Waals surface area contributed by atoms with Crippen molar-refractivity contribution in [2.24, 2.45) is 17.3 Å². The van der Waals surface area contributed by atoms with Crippen molar-refractivity contribution in [2.75, 3.05) is 19.8 Å². The molecule has 12 nitrogen and oxygen atoms in total. The molecular weight excluding hydrogens is 640 g/mol. The predicted molar refractivity (Wildman–Crippen MR) is 176 cm³/mol. The number of rotatable bonds is 14. The zero-order valence-corrected chi connectivity index (χ0v) is 28.4. The van der Waals surface area contributed by atoms with Crippen molar-refractivity contribution in [3.63, 3.8) is 0 Å². The summed E-state index contributed by atoms with van der Waals surface area (Å²) in [6.07, 6.45) is 2.33. The quantitative estimate of drug-likeness (QED) is 0.190. The molecule has 2 aromatic carbocycles. The summed E-state index contributed by atoms with van der Waals surface area (Å²) in [6.45, 7) is 5.11. The maximum Gasteiger partial charge on any atom is 0.424 e. The minimum absolute atomic E-state index is 0.0261. The van der Waals surface area contributed by atoms with Gasteiger partial charge in [0.05, 0.1) is 28.4 Å². The molecule has 260 valence electrons. The molecule has 0 saturated heterocycles. The molecule has 3 atom stereocenters. The lowest BCUT2D eigenvalue weighted by atomic mass is 9.53. The summed E-state index contributed by atoms with van der Waals surface area (Å²) in [5.41, 5.74) is -0.707. The predicted octanol–water partition coefficient (Wildman–Crippen LogP) is 5.77. The fourth-order valence-corrected chi connectivity index (χ4v) is 8.12. The number of sulfonamides is 1. The van der Waals surface area contributed by atoms with Crippen LogP contribution in [-0.4, -0.2) is 65.8 Å². The first-order valence-corrected chi connectivity index (χ1v) is 17.6. The van der Waals surface area contributed by atoms with Crippen LogP contribution in [0, 0.1) is 27.4 Å². The molecule has 0 unspecified atom stereocenters. The number of non-ortho nitro benzene ring substituents is 1. The number of amides is 1. The fourth-order valence-electron chi connectivity index (χ4n) is 6.79. The monoisotopic (exact) mass is 684 g/mol. The van der Waals surface area contributed by atoms with Crippen LogP contribution >= 0.6 is 0 Å². The summed E-state index contributed by atoms with van der Waals surface area (Å²) in [5.74, 6) is -0.526. The van der Waals surface area contributed by atoms with E-state index in [0.29, 0.717) is 42.4 Å². The van der Waals surface area contributed by atoms with Crippen LogP contribution in [0.25, 0.3) is 0 Å². The Morgan fingerprint density at radius 3 is 2.38 bits per heavy atom. The Morgan fingerprint density at radius 1 is 1.06 bits per heavy atom. The molecule has 48 heavy (non-hydrogen) atoms. The van der Waals surface area contributed by atoms with Gasteiger partial charge in [0, 0.05) is 38.1 Å². The Labute approximate surface area is 281 Å². The average molecular weight is 685 g/mol. The molecule has 1 fully saturated rings. The number of ketones is 2. The van der Waals surface area contributed by atoms with Crippen LogP contribution < -0.4 is 0 Å². The topological polar surface area (TPSA) is 170 Å². The molecule has 4 rings (SSSR count). The van der Waals surface area contributed by atoms with Crippen molar-refractivity contribution in [1.29, 1.82) is 0 Å². The number of carbonyl (C=O) groups is 3. The summed E-state index contributed by atoms with van der Waals surface area (Å²) < 4.78 is 39.3. The molecule has 2 aliphatic carbocycles. The molecule has 0 bridgehead atoms. The van der Waals surface area contributed by atoms with Crippen LogP contribution in [0.1, 0.15) is 71.3 Å². The number of nitro groups is 1. The van der Waals surface area contributed by atoms with Gasteiger partial charge in [0.1, 0.15) is 11.4 Å². The van der Waals surface area contributed by atoms with E-state index in [1.54, 1.807) is 20.8 Å². The average Bonchev–Trinajstić information content (AvgIpc) is 3.02. The van der Waals surface area contributed by atoms with E-state index in [0.717, 1.165) is 29.8 Å². The van der Waals surface area contributed by atoms with Crippen molar-refractivity contribution in [3.8, 4) is 0 Å². The Hall–Kier alpha value is -3.94. The molecule has 1 N–H and O–H groups in total. The number of aliphatic hydroxyl groups excluding tert-OH is 1. The number of allylic oxidation sites excluding steroid dienone is 2. The van der Waals surface area contributed by atoms with E-state index in [1.165, 1.54) is 6.08 Å². The maximum atomic E-state index is 14.1. The lowest BCUT2D eigenvalue weighted by molar-refractivity contribution is -0.384. The summed E-state index contributed by atoms with van der Waals surface area (Å²) in [6, 6.07) is 13.9. The maximum absolute atomic E-state index is 14.1. The second kappa shape index (κ2) is 15.5. The summed E-state index contributed by atoms with van der Waals surface area (Å²) in [5, 5.41) is 20.9. The minimum atomic E-state index is -4.49. The SMILES string of the molecule is CC(C)(C)OC(=O)N(CCCC1=CC(=O)C[C@@H]2C[C@@H](COCc3ccccc3)CC(=O)[C@]12CCCO)S(=O)(=O)c1ccc([N+](=O)[O-])cc1. The van der Waals surface area contributed by atoms with Crippen molar-refractivity contribution < 1.29 is 42.3 Å². The van der Waals surface area contributed by atoms with Gasteiger partial charge in [0.25, 0.3) is 15.7 Å². The molecule has 0 radical (unpaired) electrons. The number of ether oxygens (including phenoxy) is 2. The molecule has 0 aliphatic heterocycles. The van der Waals surface area contributed by atoms with E-state index >= 15 is 0 Å². The Bertz CT molecular complexity index is 1620. The highest BCUT2D eigenvalue weighted by Crippen LogP contribution is 2.54. The first-order chi connectivity index (χ1) is 22.7. The van der Waals surface area contributed by atoms with Gasteiger partial charge in [-0.1, -0.05) is 35.9 Å². The van der Waals surface area contributed by atoms with Gasteiger partial charge in [-0.15, -0.1) is 0 Å². The first kappa shape index (κ1) is 36.9. The van der Waals surface area contributed by atoms with Gasteiger partial charge in [0.2, 0.25) is 0 Å². The molecular formula is C35H44N2O10S. The highest BCUT2D eigenvalue weighted by atomic mass is 32.2. The third-order valence-electron chi connectivity index (χ3n) is 8.88. The van der Waals surface area contributed by atoms with Crippen molar-refractivity contribution in [3.05, 3.63) is 81.9 Å². The van der Waals surface area contributed by atoms with E-state index in [1.807, 2.05) is 30.3 Å². The summed E-state index contributed by atoms with van der Waals surface area (Å²) in [7, 11) is -4.49. The zero-order valence-electron chi connectivity index (χ0n) is 27.6. The number of hydrogen-bond acceptors (Lipinski definition) is 10. The normalized spacial score (nSPS) is 21.3. The van der Waals surface area contributed by atoms with Crippen LogP contribution in [0.15, 0.2) is 71.1 Å². The third-order valence-corrected chi connectivity index (χ3v) is 10.7. The van der Waals surface area contributed by atoms with Gasteiger partial charge >= 0.3 is 6.09 Å². The number of hydrogen-bond donors (Lipinski definition) is 1. The van der Waals surface area contributed by atoms with E-state index in [-0.39, 0.29) is 72.8 Å². The Morgan fingerprint density at radius 2 is 1.75 bits per heavy atom. The number of aliphatic hydroxyl groups is 1. The van der Waals surface area contributed by atoms with Gasteiger partial charge < -0.3 is 14.6 Å². The smallest absolute Gasteiger partial charge is 0.424 e. The fraction of sp³-hybridized carbons (Fsp3) is 0.514. The van der Waals surface area contributed by atoms with Crippen LogP contribution in [0.3, 0.4) is 0 Å². The van der Waals surface area contributed by atoms with Gasteiger partial charge in [0.15, 0.2) is 5.78 Å². The van der Waals surface area contributed by atoms with E-state index < -0.39 is 32.1 Å². The van der Waals surface area contributed by atoms with Gasteiger partial charge in [-0.25, -0.2) is 17.5 Å². The number of carbonyl (C=O) groups excluding carboxylic acids is 3. The zero-order chi connectivity index (χ0) is 35.1. The lowest BCUT2D eigenvalue weighted by Gasteiger charge is -2.49. The van der Waals surface area contributed by atoms with Crippen molar-refractivity contribution in [2.45, 2.75) is 82.8 Å². The lowest BCUT2D eigenvalue weighted by Crippen LogP contribution is -2.49. The highest BCUT2D eigenvalue weighted by Gasteiger charge is 2.53. The number of fused-ring (bicyclic) bond motifs is 1. The molecule has 1 amide bonds. The molecule has 0 aromatic heterocycles. The number of benzene rings is 2. The van der Waals surface area contributed by atoms with Crippen LogP contribution in [0.2, 0.25) is 0 Å². The number of Topliss-reactive ketones (excluding diaryl/α,β-unsaturated/α-hetero) is 1. The standard InChI is InChI=1S/C35H44N2O10S/c1-34(2,3)47-33(41)36(48(44,45)31-14-12-29(13-15-31)37(42)43)17-7-11-27-21-30(39)22-28-19-26(20-32(40)35(27,28)16-8-18-38)24-46-23-25-9-5-4-6-10-25/h4-6,9-10,12-15,21,26,28,38H,7-8,11,16-20,22-24H2,1-3H3/t26-,28+,35-/m1/s1. The van der Waals surface area contributed by atoms with Gasteiger partial charge in [-0.3, -0.25) is 19.7 Å². The Balaban J connectivity index is 1.54. The van der Waals surface area contributed by atoms with Crippen LogP contribution in [-0.2, 0) is 35.7 Å². The van der Waals surface area contributed by atoms with Gasteiger partial charge in [-0.05, 0) is 88.5 Å². The first-order valence-electron chi connectivity index (χ1n) is 16.2. The summed E-state index contributed by atoms with van der Waals surface area (Å²) in [4.78, 5) is 50.5. The molecule has 2 aliphatic rings. The van der Waals surface area contributed by atoms with E-state index in [2.05, 4.69) is 0 Å². The van der Waals surface area contributed by atoms with Crippen molar-refractivity contribution in [1.82, 2.24) is 4.31 Å². The molecule has 1 saturated carbocycles. The van der Waals surface area contributed by atoms with E-state index in [4.69, 9.17) is 9.47 Å². The number of nitrogens with zero attached hydrogens (tertiary/aromatic N) is 2. The molecule has 13 heteroatoms. The minimum Gasteiger partial charge on any atom is -0.443 e. The molecule has 2 aromatic rings. The second-order valence-electron chi connectivity index (χ2n) is 13.5. The second-order valence-corrected chi connectivity index (χ2v) is 15.3. The largest absolute Gasteiger partial charge is 0.443 e. The highest BCUT2D eigenvalue weighted by molar-refractivity contribution is 7.89. The van der Waals surface area contributed by atoms with E-state index in [9.17, 15) is 38.0 Å². The van der Waals surface area contributed by atoms with Gasteiger partial charge in [-0.2, -0.15) is 0 Å². The summed E-state index contributed by atoms with van der Waals surface area (Å²) >= 11 is 0. The Kier molecular flexibility index (Phi) is 11.9. The van der Waals surface area contributed by atoms with Crippen LogP contribution in [0.5, 0.6) is 0 Å². The number of nitro benzene ring substituents is 1. The van der Waals surface area contributed by atoms with Crippen LogP contribution in [0.4, 0.5) is 10.5 Å². The molecule has 0 spiro atoms. The van der Waals surface area contributed by atoms with Crippen molar-refractivity contribution >= 4 is 33.4 Å². The third kappa shape index (κ3) is 8.74. The molecule has 0 heterocycles.